The van der Waals surface area contributed by atoms with Gasteiger partial charge in [-0.15, -0.1) is 0 Å². The molecule has 0 heterocycles. The number of allylic oxidation sites excluding steroid dienone is 1. The van der Waals surface area contributed by atoms with Crippen LogP contribution in [0.1, 0.15) is 6.92 Å². The Labute approximate surface area is 55.1 Å². The van der Waals surface area contributed by atoms with Crippen molar-refractivity contribution in [2.24, 2.45) is 0 Å². The predicted octanol–water partition coefficient (Wildman–Crippen LogP) is -0.144. The summed E-state index contributed by atoms with van der Waals surface area (Å²) in [7, 11) is 1.71. The van der Waals surface area contributed by atoms with E-state index in [4.69, 9.17) is 0 Å². The van der Waals surface area contributed by atoms with Gasteiger partial charge in [0, 0.05) is 19.8 Å². The van der Waals surface area contributed by atoms with E-state index in [-0.39, 0.29) is 0 Å². The lowest BCUT2D eigenvalue weighted by Gasteiger charge is -1.96. The Kier molecular flexibility index (Phi) is 4.59. The van der Waals surface area contributed by atoms with Crippen LogP contribution in [0.5, 0.6) is 0 Å². The number of aldehydes is 1. The molecule has 0 spiro atoms. The van der Waals surface area contributed by atoms with Crippen LogP contribution in [-0.2, 0) is 4.79 Å². The fraction of sp³-hybridized carbons (Fsp3) is 0.500. The van der Waals surface area contributed by atoms with Crippen LogP contribution in [0, 0.1) is 0 Å². The van der Waals surface area contributed by atoms with Gasteiger partial charge < -0.3 is 10.6 Å². The van der Waals surface area contributed by atoms with Crippen LogP contribution in [-0.4, -0.2) is 19.9 Å². The molecule has 0 bridgehead atoms. The van der Waals surface area contributed by atoms with Gasteiger partial charge in [0.25, 0.3) is 0 Å². The molecule has 0 saturated carbocycles. The van der Waals surface area contributed by atoms with Gasteiger partial charge in [0.1, 0.15) is 0 Å². The van der Waals surface area contributed by atoms with E-state index in [0.717, 1.165) is 12.8 Å². The van der Waals surface area contributed by atoms with Crippen molar-refractivity contribution in [2.75, 3.05) is 13.6 Å². The van der Waals surface area contributed by atoms with Gasteiger partial charge in [-0.05, 0) is 6.92 Å². The second-order valence-electron chi connectivity index (χ2n) is 1.53. The third-order valence-electron chi connectivity index (χ3n) is 0.877. The molecule has 3 heteroatoms. The minimum Gasteiger partial charge on any atom is -0.389 e. The maximum Gasteiger partial charge on any atom is 0.167 e. The molecule has 0 unspecified atom stereocenters. The van der Waals surface area contributed by atoms with Gasteiger partial charge in [0.05, 0.1) is 5.70 Å². The largest absolute Gasteiger partial charge is 0.389 e. The second kappa shape index (κ2) is 5.15. The number of hydrogen-bond acceptors (Lipinski definition) is 3. The van der Waals surface area contributed by atoms with Crippen LogP contribution in [0.4, 0.5) is 0 Å². The van der Waals surface area contributed by atoms with E-state index in [9.17, 15) is 4.79 Å². The highest BCUT2D eigenvalue weighted by Crippen LogP contribution is 1.75. The van der Waals surface area contributed by atoms with E-state index in [1.807, 2.05) is 6.92 Å². The zero-order valence-corrected chi connectivity index (χ0v) is 5.77. The van der Waals surface area contributed by atoms with Crippen LogP contribution < -0.4 is 10.6 Å². The number of likely N-dealkylation sites (N-methyl/N-ethyl adjacent to an activating group) is 1. The zero-order chi connectivity index (χ0) is 7.11. The lowest BCUT2D eigenvalue weighted by atomic mass is 10.5. The van der Waals surface area contributed by atoms with E-state index >= 15 is 0 Å². The van der Waals surface area contributed by atoms with Crippen LogP contribution in [0.25, 0.3) is 0 Å². The molecule has 0 amide bonds. The number of carbonyl (C=O) groups is 1. The van der Waals surface area contributed by atoms with Gasteiger partial charge in [0.15, 0.2) is 6.29 Å². The summed E-state index contributed by atoms with van der Waals surface area (Å²) in [6, 6.07) is 0. The van der Waals surface area contributed by atoms with Crippen LogP contribution in [0.3, 0.4) is 0 Å². The van der Waals surface area contributed by atoms with E-state index < -0.39 is 0 Å². The fourth-order valence-electron chi connectivity index (χ4n) is 0.377. The van der Waals surface area contributed by atoms with E-state index in [1.54, 1.807) is 13.2 Å². The Morgan fingerprint density at radius 1 is 1.67 bits per heavy atom. The highest BCUT2D eigenvalue weighted by Gasteiger charge is 1.84. The first-order chi connectivity index (χ1) is 4.35. The summed E-state index contributed by atoms with van der Waals surface area (Å²) in [5.41, 5.74) is 0.567. The smallest absolute Gasteiger partial charge is 0.167 e. The minimum absolute atomic E-state index is 0.567. The quantitative estimate of drug-likeness (QED) is 0.409. The molecule has 0 aromatic heterocycles. The summed E-state index contributed by atoms with van der Waals surface area (Å²) in [5, 5.41) is 5.61. The Hall–Kier alpha value is -0.990. The molecule has 9 heavy (non-hydrogen) atoms. The Balaban J connectivity index is 3.61. The summed E-state index contributed by atoms with van der Waals surface area (Å²) in [6.45, 7) is 2.80. The maximum absolute atomic E-state index is 10.1. The van der Waals surface area contributed by atoms with E-state index in [2.05, 4.69) is 10.6 Å². The average molecular weight is 128 g/mol. The first kappa shape index (κ1) is 8.01. The van der Waals surface area contributed by atoms with Crippen molar-refractivity contribution < 1.29 is 4.79 Å². The molecule has 0 rings (SSSR count). The molecule has 0 radical (unpaired) electrons. The average Bonchev–Trinajstić information content (AvgIpc) is 1.91. The molecule has 0 aromatic rings. The van der Waals surface area contributed by atoms with Gasteiger partial charge in [-0.1, -0.05) is 0 Å². The summed E-state index contributed by atoms with van der Waals surface area (Å²) in [6.07, 6.45) is 2.41. The summed E-state index contributed by atoms with van der Waals surface area (Å²) < 4.78 is 0. The normalized spacial score (nSPS) is 10.7. The molecule has 52 valence electrons. The first-order valence-corrected chi connectivity index (χ1v) is 2.91. The lowest BCUT2D eigenvalue weighted by molar-refractivity contribution is -0.105. The SMILES string of the molecule is CCN/C=C(/C=O)NC. The van der Waals surface area contributed by atoms with Crippen molar-refractivity contribution in [2.45, 2.75) is 6.92 Å². The lowest BCUT2D eigenvalue weighted by Crippen LogP contribution is -2.12. The molecule has 2 N–H and O–H groups in total. The predicted molar refractivity (Wildman–Crippen MR) is 36.9 cm³/mol. The fourth-order valence-corrected chi connectivity index (χ4v) is 0.377. The number of rotatable bonds is 4. The number of nitrogens with one attached hydrogen (secondary N) is 2. The van der Waals surface area contributed by atoms with Gasteiger partial charge in [0.2, 0.25) is 0 Å². The Morgan fingerprint density at radius 2 is 2.33 bits per heavy atom. The monoisotopic (exact) mass is 128 g/mol. The zero-order valence-electron chi connectivity index (χ0n) is 5.77. The third kappa shape index (κ3) is 3.58. The number of hydrogen-bond donors (Lipinski definition) is 2. The second-order valence-corrected chi connectivity index (χ2v) is 1.53. The topological polar surface area (TPSA) is 41.1 Å². The van der Waals surface area contributed by atoms with E-state index in [1.165, 1.54) is 0 Å². The third-order valence-corrected chi connectivity index (χ3v) is 0.877. The van der Waals surface area contributed by atoms with Crippen LogP contribution in [0.2, 0.25) is 0 Å². The van der Waals surface area contributed by atoms with Crippen molar-refractivity contribution >= 4 is 6.29 Å². The van der Waals surface area contributed by atoms with Crippen LogP contribution >= 0.6 is 0 Å². The molecule has 0 aliphatic carbocycles. The molecule has 0 aliphatic rings. The highest BCUT2D eigenvalue weighted by molar-refractivity contribution is 5.71. The van der Waals surface area contributed by atoms with Crippen molar-refractivity contribution in [3.05, 3.63) is 11.9 Å². The Bertz CT molecular complexity index is 110. The highest BCUT2D eigenvalue weighted by atomic mass is 16.1. The number of carbonyl (C=O) groups excluding carboxylic acids is 1. The molecule has 3 nitrogen and oxygen atoms in total. The molecule has 0 aromatic carbocycles. The molecule has 0 saturated heterocycles. The molecule has 0 aliphatic heterocycles. The Morgan fingerprint density at radius 3 is 2.67 bits per heavy atom. The van der Waals surface area contributed by atoms with Crippen molar-refractivity contribution in [3.63, 3.8) is 0 Å². The molecular weight excluding hydrogens is 116 g/mol. The summed E-state index contributed by atoms with van der Waals surface area (Å²) in [4.78, 5) is 10.1. The molecular formula is C6H12N2O. The van der Waals surface area contributed by atoms with Gasteiger partial charge in [-0.25, -0.2) is 0 Å². The van der Waals surface area contributed by atoms with Crippen molar-refractivity contribution in [3.8, 4) is 0 Å². The maximum atomic E-state index is 10.1. The van der Waals surface area contributed by atoms with Crippen LogP contribution in [0.15, 0.2) is 11.9 Å². The minimum atomic E-state index is 0.567. The molecule has 0 fully saturated rings. The van der Waals surface area contributed by atoms with Gasteiger partial charge in [-0.2, -0.15) is 0 Å². The van der Waals surface area contributed by atoms with E-state index in [0.29, 0.717) is 5.70 Å². The standard InChI is InChI=1S/C6H12N2O/c1-3-8-4-6(5-9)7-2/h4-5,7-8H,3H2,1-2H3/b6-4-. The van der Waals surface area contributed by atoms with Crippen molar-refractivity contribution in [1.82, 2.24) is 10.6 Å². The summed E-state index contributed by atoms with van der Waals surface area (Å²) in [5.74, 6) is 0. The van der Waals surface area contributed by atoms with Crippen molar-refractivity contribution in [1.29, 1.82) is 0 Å². The van der Waals surface area contributed by atoms with Gasteiger partial charge >= 0.3 is 0 Å². The van der Waals surface area contributed by atoms with Gasteiger partial charge in [-0.3, -0.25) is 4.79 Å². The summed E-state index contributed by atoms with van der Waals surface area (Å²) >= 11 is 0. The molecule has 0 atom stereocenters. The first-order valence-electron chi connectivity index (χ1n) is 2.91.